The molecule has 0 spiro atoms. The smallest absolute Gasteiger partial charge is 0.251 e. The number of carbonyl (C=O) groups is 1. The average molecular weight is 453 g/mol. The van der Waals surface area contributed by atoms with E-state index < -0.39 is 0 Å². The molecular formula is C25H42BrNO. The number of carbonyl (C=O) groups excluding carboxylic acids is 1. The van der Waals surface area contributed by atoms with E-state index in [1.165, 1.54) is 96.3 Å². The molecule has 1 rings (SSSR count). The van der Waals surface area contributed by atoms with Crippen molar-refractivity contribution in [2.75, 3.05) is 6.54 Å². The van der Waals surface area contributed by atoms with Gasteiger partial charge in [0, 0.05) is 16.6 Å². The van der Waals surface area contributed by atoms with Crippen molar-refractivity contribution in [2.24, 2.45) is 0 Å². The molecule has 1 amide bonds. The maximum absolute atomic E-state index is 12.0. The summed E-state index contributed by atoms with van der Waals surface area (Å²) in [4.78, 5) is 12.0. The zero-order chi connectivity index (χ0) is 20.3. The first kappa shape index (κ1) is 25.2. The molecule has 160 valence electrons. The van der Waals surface area contributed by atoms with Crippen molar-refractivity contribution in [1.82, 2.24) is 5.32 Å². The summed E-state index contributed by atoms with van der Waals surface area (Å²) in [5.41, 5.74) is 0.728. The fourth-order valence-electron chi connectivity index (χ4n) is 3.61. The van der Waals surface area contributed by atoms with Crippen LogP contribution in [0.25, 0.3) is 0 Å². The van der Waals surface area contributed by atoms with Gasteiger partial charge in [0.2, 0.25) is 0 Å². The number of hydrogen-bond donors (Lipinski definition) is 1. The Kier molecular flexibility index (Phi) is 16.4. The summed E-state index contributed by atoms with van der Waals surface area (Å²) >= 11 is 3.40. The molecule has 1 N–H and O–H groups in total. The summed E-state index contributed by atoms with van der Waals surface area (Å²) in [5.74, 6) is 0.0299. The fraction of sp³-hybridized carbons (Fsp3) is 0.720. The molecule has 0 bridgehead atoms. The maximum atomic E-state index is 12.0. The van der Waals surface area contributed by atoms with Gasteiger partial charge in [-0.2, -0.15) is 0 Å². The third-order valence-electron chi connectivity index (χ3n) is 5.40. The molecule has 0 aromatic heterocycles. The molecule has 1 aromatic rings. The second-order valence-electron chi connectivity index (χ2n) is 8.07. The molecular weight excluding hydrogens is 410 g/mol. The lowest BCUT2D eigenvalue weighted by molar-refractivity contribution is 0.0953. The average Bonchev–Trinajstić information content (AvgIpc) is 2.70. The monoisotopic (exact) mass is 451 g/mol. The van der Waals surface area contributed by atoms with E-state index in [4.69, 9.17) is 0 Å². The second kappa shape index (κ2) is 18.2. The Labute approximate surface area is 182 Å². The van der Waals surface area contributed by atoms with Gasteiger partial charge in [-0.25, -0.2) is 0 Å². The van der Waals surface area contributed by atoms with E-state index in [2.05, 4.69) is 28.2 Å². The Bertz CT molecular complexity index is 503. The Hall–Kier alpha value is -0.830. The third kappa shape index (κ3) is 14.2. The van der Waals surface area contributed by atoms with Crippen LogP contribution in [-0.4, -0.2) is 12.5 Å². The van der Waals surface area contributed by atoms with Gasteiger partial charge in [-0.05, 0) is 24.6 Å². The van der Waals surface area contributed by atoms with Gasteiger partial charge in [-0.15, -0.1) is 0 Å². The summed E-state index contributed by atoms with van der Waals surface area (Å²) < 4.78 is 0.947. The Balaban J connectivity index is 1.79. The van der Waals surface area contributed by atoms with E-state index in [0.717, 1.165) is 23.0 Å². The first-order valence-corrected chi connectivity index (χ1v) is 12.6. The lowest BCUT2D eigenvalue weighted by atomic mass is 10.0. The molecule has 0 atom stereocenters. The van der Waals surface area contributed by atoms with E-state index in [-0.39, 0.29) is 5.91 Å². The molecule has 2 nitrogen and oxygen atoms in total. The van der Waals surface area contributed by atoms with Crippen LogP contribution in [-0.2, 0) is 0 Å². The number of nitrogens with one attached hydrogen (secondary N) is 1. The van der Waals surface area contributed by atoms with Gasteiger partial charge in [-0.1, -0.05) is 125 Å². The molecule has 1 aromatic carbocycles. The highest BCUT2D eigenvalue weighted by atomic mass is 79.9. The maximum Gasteiger partial charge on any atom is 0.251 e. The van der Waals surface area contributed by atoms with Gasteiger partial charge >= 0.3 is 0 Å². The lowest BCUT2D eigenvalue weighted by Gasteiger charge is -2.06. The van der Waals surface area contributed by atoms with Gasteiger partial charge in [0.05, 0.1) is 0 Å². The topological polar surface area (TPSA) is 29.1 Å². The van der Waals surface area contributed by atoms with Crippen LogP contribution in [0.3, 0.4) is 0 Å². The normalized spacial score (nSPS) is 10.9. The molecule has 0 unspecified atom stereocenters. The minimum atomic E-state index is 0.0299. The fourth-order valence-corrected chi connectivity index (χ4v) is 4.01. The first-order valence-electron chi connectivity index (χ1n) is 11.8. The van der Waals surface area contributed by atoms with Crippen LogP contribution in [0, 0.1) is 0 Å². The molecule has 0 aliphatic carbocycles. The molecule has 0 aliphatic rings. The predicted molar refractivity (Wildman–Crippen MR) is 126 cm³/mol. The minimum absolute atomic E-state index is 0.0299. The summed E-state index contributed by atoms with van der Waals surface area (Å²) in [7, 11) is 0. The highest BCUT2D eigenvalue weighted by Crippen LogP contribution is 2.14. The third-order valence-corrected chi connectivity index (χ3v) is 5.90. The largest absolute Gasteiger partial charge is 0.352 e. The molecule has 0 fully saturated rings. The van der Waals surface area contributed by atoms with Gasteiger partial charge in [0.1, 0.15) is 0 Å². The summed E-state index contributed by atoms with van der Waals surface area (Å²) in [6, 6.07) is 7.55. The zero-order valence-electron chi connectivity index (χ0n) is 18.1. The highest BCUT2D eigenvalue weighted by Gasteiger charge is 2.04. The molecule has 0 aliphatic heterocycles. The molecule has 0 heterocycles. The second-order valence-corrected chi connectivity index (χ2v) is 8.99. The van der Waals surface area contributed by atoms with Crippen LogP contribution in [0.2, 0.25) is 0 Å². The number of unbranched alkanes of at least 4 members (excludes halogenated alkanes) is 15. The molecule has 3 heteroatoms. The van der Waals surface area contributed by atoms with Crippen molar-refractivity contribution < 1.29 is 4.79 Å². The first-order chi connectivity index (χ1) is 13.7. The number of hydrogen-bond acceptors (Lipinski definition) is 1. The van der Waals surface area contributed by atoms with Crippen molar-refractivity contribution in [3.8, 4) is 0 Å². The standard InChI is InChI=1S/C25H42BrNO/c1-2-3-4-5-6-7-8-9-10-11-12-13-14-15-16-17-21-27-25(28)23-19-18-20-24(26)22-23/h18-20,22H,2-17,21H2,1H3,(H,27,28). The van der Waals surface area contributed by atoms with Gasteiger partial charge in [0.25, 0.3) is 5.91 Å². The van der Waals surface area contributed by atoms with Gasteiger partial charge in [0.15, 0.2) is 0 Å². The number of rotatable bonds is 18. The summed E-state index contributed by atoms with van der Waals surface area (Å²) in [5, 5.41) is 3.02. The quantitative estimate of drug-likeness (QED) is 0.222. The summed E-state index contributed by atoms with van der Waals surface area (Å²) in [6.07, 6.45) is 22.0. The molecule has 0 saturated heterocycles. The van der Waals surface area contributed by atoms with Crippen molar-refractivity contribution in [1.29, 1.82) is 0 Å². The Morgan fingerprint density at radius 3 is 1.68 bits per heavy atom. The molecule has 28 heavy (non-hydrogen) atoms. The van der Waals surface area contributed by atoms with Gasteiger partial charge < -0.3 is 5.32 Å². The summed E-state index contributed by atoms with van der Waals surface area (Å²) in [6.45, 7) is 3.07. The zero-order valence-corrected chi connectivity index (χ0v) is 19.7. The van der Waals surface area contributed by atoms with Crippen LogP contribution in [0.1, 0.15) is 120 Å². The van der Waals surface area contributed by atoms with E-state index in [1.54, 1.807) is 0 Å². The van der Waals surface area contributed by atoms with Crippen molar-refractivity contribution in [3.05, 3.63) is 34.3 Å². The van der Waals surface area contributed by atoms with Crippen molar-refractivity contribution in [3.63, 3.8) is 0 Å². The van der Waals surface area contributed by atoms with Crippen LogP contribution in [0.15, 0.2) is 28.7 Å². The van der Waals surface area contributed by atoms with Crippen molar-refractivity contribution >= 4 is 21.8 Å². The van der Waals surface area contributed by atoms with Gasteiger partial charge in [-0.3, -0.25) is 4.79 Å². The van der Waals surface area contributed by atoms with Crippen LogP contribution in [0.4, 0.5) is 0 Å². The Morgan fingerprint density at radius 2 is 1.21 bits per heavy atom. The SMILES string of the molecule is CCCCCCCCCCCCCCCCCCNC(=O)c1cccc(Br)c1. The van der Waals surface area contributed by atoms with Crippen LogP contribution < -0.4 is 5.32 Å². The highest BCUT2D eigenvalue weighted by molar-refractivity contribution is 9.10. The van der Waals surface area contributed by atoms with E-state index in [9.17, 15) is 4.79 Å². The lowest BCUT2D eigenvalue weighted by Crippen LogP contribution is -2.24. The minimum Gasteiger partial charge on any atom is -0.352 e. The molecule has 0 saturated carbocycles. The van der Waals surface area contributed by atoms with E-state index in [1.807, 2.05) is 24.3 Å². The van der Waals surface area contributed by atoms with E-state index in [0.29, 0.717) is 0 Å². The Morgan fingerprint density at radius 1 is 0.750 bits per heavy atom. The van der Waals surface area contributed by atoms with Crippen LogP contribution >= 0.6 is 15.9 Å². The number of benzene rings is 1. The number of halogens is 1. The van der Waals surface area contributed by atoms with Crippen molar-refractivity contribution in [2.45, 2.75) is 110 Å². The molecule has 0 radical (unpaired) electrons. The van der Waals surface area contributed by atoms with E-state index >= 15 is 0 Å². The number of amides is 1. The van der Waals surface area contributed by atoms with Crippen LogP contribution in [0.5, 0.6) is 0 Å². The predicted octanol–water partition coefficient (Wildman–Crippen LogP) is 8.44.